The minimum Gasteiger partial charge on any atom is -0.406 e. The SMILES string of the molecule is CCCCCC1CCC(CCC2=CCc3cc(-c4ccc(OC(F)(F)F)cc4)c(F)cc3C2)CC1. The van der Waals surface area contributed by atoms with Crippen LogP contribution in [0.1, 0.15) is 82.3 Å². The van der Waals surface area contributed by atoms with Crippen LogP contribution < -0.4 is 4.74 Å². The van der Waals surface area contributed by atoms with E-state index in [4.69, 9.17) is 0 Å². The topological polar surface area (TPSA) is 9.23 Å². The van der Waals surface area contributed by atoms with Crippen LogP contribution in [0.2, 0.25) is 0 Å². The summed E-state index contributed by atoms with van der Waals surface area (Å²) in [7, 11) is 0. The predicted molar refractivity (Wildman–Crippen MR) is 133 cm³/mol. The first-order chi connectivity index (χ1) is 16.8. The largest absolute Gasteiger partial charge is 0.573 e. The van der Waals surface area contributed by atoms with E-state index in [1.54, 1.807) is 6.07 Å². The van der Waals surface area contributed by atoms with E-state index in [9.17, 15) is 17.6 Å². The third-order valence-corrected chi connectivity index (χ3v) is 7.77. The highest BCUT2D eigenvalue weighted by Gasteiger charge is 2.31. The first-order valence-electron chi connectivity index (χ1n) is 13.2. The van der Waals surface area contributed by atoms with Crippen LogP contribution in [0.5, 0.6) is 5.75 Å². The molecule has 2 aromatic carbocycles. The van der Waals surface area contributed by atoms with Crippen LogP contribution in [-0.4, -0.2) is 6.36 Å². The number of halogens is 4. The van der Waals surface area contributed by atoms with Crippen LogP contribution in [0.4, 0.5) is 17.6 Å². The predicted octanol–water partition coefficient (Wildman–Crippen LogP) is 9.58. The molecule has 0 atom stereocenters. The van der Waals surface area contributed by atoms with Gasteiger partial charge in [0.15, 0.2) is 0 Å². The molecule has 35 heavy (non-hydrogen) atoms. The van der Waals surface area contributed by atoms with Crippen molar-refractivity contribution in [2.45, 2.75) is 90.3 Å². The van der Waals surface area contributed by atoms with Gasteiger partial charge in [-0.3, -0.25) is 0 Å². The van der Waals surface area contributed by atoms with Gasteiger partial charge in [-0.25, -0.2) is 4.39 Å². The lowest BCUT2D eigenvalue weighted by Gasteiger charge is -2.29. The van der Waals surface area contributed by atoms with E-state index in [1.807, 2.05) is 6.07 Å². The Labute approximate surface area is 206 Å². The van der Waals surface area contributed by atoms with Crippen LogP contribution in [0, 0.1) is 17.7 Å². The summed E-state index contributed by atoms with van der Waals surface area (Å²) >= 11 is 0. The Kier molecular flexibility index (Phi) is 8.56. The molecule has 0 bridgehead atoms. The van der Waals surface area contributed by atoms with Crippen LogP contribution in [0.25, 0.3) is 11.1 Å². The standard InChI is InChI=1S/C30H36F4O/c1-2-3-4-5-21-6-8-22(9-7-21)10-11-23-12-13-25-19-28(29(31)20-26(25)18-23)24-14-16-27(17-15-24)35-30(32,33)34/h12,14-17,19-22H,2-11,13,18H2,1H3. The number of hydrogen-bond acceptors (Lipinski definition) is 1. The number of fused-ring (bicyclic) bond motifs is 1. The van der Waals surface area contributed by atoms with Crippen LogP contribution in [-0.2, 0) is 12.8 Å². The van der Waals surface area contributed by atoms with Crippen molar-refractivity contribution >= 4 is 0 Å². The Morgan fingerprint density at radius 2 is 1.57 bits per heavy atom. The van der Waals surface area contributed by atoms with Crippen LogP contribution in [0.15, 0.2) is 48.0 Å². The monoisotopic (exact) mass is 488 g/mol. The van der Waals surface area contributed by atoms with Crippen molar-refractivity contribution in [3.8, 4) is 16.9 Å². The lowest BCUT2D eigenvalue weighted by Crippen LogP contribution is -2.16. The first kappa shape index (κ1) is 25.8. The van der Waals surface area contributed by atoms with Crippen molar-refractivity contribution in [1.82, 2.24) is 0 Å². The van der Waals surface area contributed by atoms with Crippen molar-refractivity contribution < 1.29 is 22.3 Å². The average molecular weight is 489 g/mol. The van der Waals surface area contributed by atoms with Gasteiger partial charge in [0.1, 0.15) is 11.6 Å². The van der Waals surface area contributed by atoms with Gasteiger partial charge in [-0.1, -0.05) is 82.1 Å². The molecule has 1 fully saturated rings. The highest BCUT2D eigenvalue weighted by molar-refractivity contribution is 5.67. The van der Waals surface area contributed by atoms with Crippen molar-refractivity contribution in [3.63, 3.8) is 0 Å². The zero-order chi connectivity index (χ0) is 24.8. The number of hydrogen-bond donors (Lipinski definition) is 0. The van der Waals surface area contributed by atoms with E-state index < -0.39 is 6.36 Å². The van der Waals surface area contributed by atoms with Gasteiger partial charge in [-0.05, 0) is 78.5 Å². The minimum atomic E-state index is -4.74. The van der Waals surface area contributed by atoms with Gasteiger partial charge in [0.05, 0.1) is 0 Å². The molecule has 0 heterocycles. The molecule has 0 amide bonds. The molecule has 1 saturated carbocycles. The van der Waals surface area contributed by atoms with E-state index >= 15 is 0 Å². The second kappa shape index (κ2) is 11.6. The van der Waals surface area contributed by atoms with Crippen LogP contribution in [0.3, 0.4) is 0 Å². The molecule has 2 aliphatic carbocycles. The number of benzene rings is 2. The van der Waals surface area contributed by atoms with Crippen molar-refractivity contribution in [2.75, 3.05) is 0 Å². The van der Waals surface area contributed by atoms with E-state index in [0.717, 1.165) is 42.2 Å². The summed E-state index contributed by atoms with van der Waals surface area (Å²) in [6, 6.07) is 8.83. The normalized spacial score (nSPS) is 20.3. The molecule has 2 aliphatic rings. The molecule has 0 unspecified atom stereocenters. The second-order valence-corrected chi connectivity index (χ2v) is 10.3. The van der Waals surface area contributed by atoms with Gasteiger partial charge in [0, 0.05) is 5.56 Å². The molecule has 0 saturated heterocycles. The Hall–Kier alpha value is -2.30. The fourth-order valence-corrected chi connectivity index (χ4v) is 5.71. The van der Waals surface area contributed by atoms with Gasteiger partial charge in [-0.2, -0.15) is 0 Å². The molecule has 1 nitrogen and oxygen atoms in total. The summed E-state index contributed by atoms with van der Waals surface area (Å²) in [6.45, 7) is 2.27. The number of unbranched alkanes of at least 4 members (excludes halogenated alkanes) is 2. The van der Waals surface area contributed by atoms with E-state index in [-0.39, 0.29) is 11.6 Å². The fraction of sp³-hybridized carbons (Fsp3) is 0.533. The summed E-state index contributed by atoms with van der Waals surface area (Å²) in [6.07, 6.45) is 12.4. The third-order valence-electron chi connectivity index (χ3n) is 7.77. The Balaban J connectivity index is 1.31. The molecular weight excluding hydrogens is 452 g/mol. The molecule has 0 radical (unpaired) electrons. The maximum Gasteiger partial charge on any atom is 0.573 e. The first-order valence-corrected chi connectivity index (χ1v) is 13.2. The molecule has 0 aliphatic heterocycles. The molecule has 0 aromatic heterocycles. The summed E-state index contributed by atoms with van der Waals surface area (Å²) in [5.41, 5.74) is 4.48. The smallest absolute Gasteiger partial charge is 0.406 e. The van der Waals surface area contributed by atoms with Gasteiger partial charge in [0.2, 0.25) is 0 Å². The highest BCUT2D eigenvalue weighted by Crippen LogP contribution is 2.37. The second-order valence-electron chi connectivity index (χ2n) is 10.3. The maximum atomic E-state index is 15.0. The lowest BCUT2D eigenvalue weighted by atomic mass is 9.77. The molecule has 5 heteroatoms. The highest BCUT2D eigenvalue weighted by atomic mass is 19.4. The van der Waals surface area contributed by atoms with Crippen molar-refractivity contribution in [2.24, 2.45) is 11.8 Å². The maximum absolute atomic E-state index is 15.0. The molecule has 0 N–H and O–H groups in total. The quantitative estimate of drug-likeness (QED) is 0.194. The van der Waals surface area contributed by atoms with Gasteiger partial charge < -0.3 is 4.74 Å². The summed E-state index contributed by atoms with van der Waals surface area (Å²) in [5, 5.41) is 0. The molecule has 4 rings (SSSR count). The van der Waals surface area contributed by atoms with Crippen molar-refractivity contribution in [1.29, 1.82) is 0 Å². The Morgan fingerprint density at radius 3 is 2.23 bits per heavy atom. The van der Waals surface area contributed by atoms with Gasteiger partial charge in [-0.15, -0.1) is 13.2 Å². The summed E-state index contributed by atoms with van der Waals surface area (Å²) < 4.78 is 56.0. The number of allylic oxidation sites excluding steroid dienone is 2. The third kappa shape index (κ3) is 7.35. The van der Waals surface area contributed by atoms with Crippen molar-refractivity contribution in [3.05, 3.63) is 65.0 Å². The van der Waals surface area contributed by atoms with E-state index in [2.05, 4.69) is 17.7 Å². The fourth-order valence-electron chi connectivity index (χ4n) is 5.71. The minimum absolute atomic E-state index is 0.308. The summed E-state index contributed by atoms with van der Waals surface area (Å²) in [5.74, 6) is 1.11. The molecule has 190 valence electrons. The number of alkyl halides is 3. The lowest BCUT2D eigenvalue weighted by molar-refractivity contribution is -0.274. The van der Waals surface area contributed by atoms with E-state index in [1.165, 1.54) is 87.6 Å². The van der Waals surface area contributed by atoms with E-state index in [0.29, 0.717) is 11.1 Å². The average Bonchev–Trinajstić information content (AvgIpc) is 2.83. The Morgan fingerprint density at radius 1 is 0.886 bits per heavy atom. The molecule has 2 aromatic rings. The zero-order valence-corrected chi connectivity index (χ0v) is 20.6. The number of ether oxygens (including phenoxy) is 1. The zero-order valence-electron chi connectivity index (χ0n) is 20.6. The molecular formula is C30H36F4O. The summed E-state index contributed by atoms with van der Waals surface area (Å²) in [4.78, 5) is 0. The molecule has 0 spiro atoms. The van der Waals surface area contributed by atoms with Gasteiger partial charge >= 0.3 is 6.36 Å². The number of rotatable bonds is 9. The van der Waals surface area contributed by atoms with Gasteiger partial charge in [0.25, 0.3) is 0 Å². The Bertz CT molecular complexity index is 998. The van der Waals surface area contributed by atoms with Crippen LogP contribution >= 0.6 is 0 Å².